The number of hydrogen-bond acceptors (Lipinski definition) is 4. The fourth-order valence-electron chi connectivity index (χ4n) is 3.58. The molecule has 152 valence electrons. The van der Waals surface area contributed by atoms with Crippen molar-refractivity contribution in [2.75, 3.05) is 32.8 Å². The van der Waals surface area contributed by atoms with Crippen LogP contribution in [0, 0.1) is 17.2 Å². The Bertz CT molecular complexity index is 791. The van der Waals surface area contributed by atoms with E-state index in [4.69, 9.17) is 10.00 Å². The number of amides is 1. The Balaban J connectivity index is 1.26. The Labute approximate surface area is 173 Å². The van der Waals surface area contributed by atoms with E-state index in [1.54, 1.807) is 0 Å². The van der Waals surface area contributed by atoms with Crippen LogP contribution in [0.15, 0.2) is 54.6 Å². The number of likely N-dealkylation sites (tertiary alicyclic amines) is 1. The molecule has 0 unspecified atom stereocenters. The van der Waals surface area contributed by atoms with Gasteiger partial charge in [0.15, 0.2) is 0 Å². The molecule has 0 radical (unpaired) electrons. The summed E-state index contributed by atoms with van der Waals surface area (Å²) in [5.74, 6) is 0.655. The van der Waals surface area contributed by atoms with Crippen molar-refractivity contribution < 1.29 is 9.53 Å². The van der Waals surface area contributed by atoms with E-state index in [0.29, 0.717) is 31.2 Å². The zero-order valence-electron chi connectivity index (χ0n) is 16.8. The zero-order valence-corrected chi connectivity index (χ0v) is 16.8. The number of carbonyl (C=O) groups excluding carboxylic acids is 1. The second-order valence-electron chi connectivity index (χ2n) is 7.63. The molecule has 1 aliphatic rings. The second kappa shape index (κ2) is 11.4. The smallest absolute Gasteiger partial charge is 0.234 e. The fourth-order valence-corrected chi connectivity index (χ4v) is 3.58. The minimum absolute atomic E-state index is 0.108. The predicted molar refractivity (Wildman–Crippen MR) is 113 cm³/mol. The summed E-state index contributed by atoms with van der Waals surface area (Å²) in [6, 6.07) is 19.9. The highest BCUT2D eigenvalue weighted by Crippen LogP contribution is 2.18. The van der Waals surface area contributed by atoms with Crippen LogP contribution in [0.4, 0.5) is 0 Å². The number of carbonyl (C=O) groups is 1. The average Bonchev–Trinajstić information content (AvgIpc) is 2.76. The molecule has 29 heavy (non-hydrogen) atoms. The summed E-state index contributed by atoms with van der Waals surface area (Å²) in [4.78, 5) is 14.4. The van der Waals surface area contributed by atoms with E-state index < -0.39 is 0 Å². The third-order valence-corrected chi connectivity index (χ3v) is 5.36. The van der Waals surface area contributed by atoms with Crippen LogP contribution < -0.4 is 5.32 Å². The molecule has 1 heterocycles. The Morgan fingerprint density at radius 1 is 1.07 bits per heavy atom. The molecular weight excluding hydrogens is 362 g/mol. The molecule has 0 aromatic heterocycles. The lowest BCUT2D eigenvalue weighted by molar-refractivity contribution is -0.122. The van der Waals surface area contributed by atoms with Gasteiger partial charge in [0.25, 0.3) is 0 Å². The van der Waals surface area contributed by atoms with Gasteiger partial charge in [-0.1, -0.05) is 42.5 Å². The largest absolute Gasteiger partial charge is 0.376 e. The first-order chi connectivity index (χ1) is 14.2. The van der Waals surface area contributed by atoms with E-state index in [0.717, 1.165) is 44.5 Å². The van der Waals surface area contributed by atoms with Gasteiger partial charge >= 0.3 is 0 Å². The molecule has 5 heteroatoms. The van der Waals surface area contributed by atoms with Crippen LogP contribution in [0.25, 0.3) is 0 Å². The highest BCUT2D eigenvalue weighted by molar-refractivity contribution is 5.78. The van der Waals surface area contributed by atoms with E-state index in [1.807, 2.05) is 42.5 Å². The molecule has 0 saturated carbocycles. The first-order valence-corrected chi connectivity index (χ1v) is 10.3. The number of piperidine rings is 1. The monoisotopic (exact) mass is 391 g/mol. The van der Waals surface area contributed by atoms with E-state index in [9.17, 15) is 4.79 Å². The van der Waals surface area contributed by atoms with Crippen molar-refractivity contribution in [3.8, 4) is 6.07 Å². The summed E-state index contributed by atoms with van der Waals surface area (Å²) >= 11 is 0. The molecule has 3 rings (SSSR count). The molecule has 1 N–H and O–H groups in total. The lowest BCUT2D eigenvalue weighted by Crippen LogP contribution is -2.42. The molecule has 1 saturated heterocycles. The lowest BCUT2D eigenvalue weighted by atomic mass is 9.98. The fraction of sp³-hybridized carbons (Fsp3) is 0.417. The number of nitrogens with one attached hydrogen (secondary N) is 1. The SMILES string of the molecule is N#Cc1ccc(COCC2CCN(CC(=O)NCCc3ccccc3)CC2)cc1. The number of nitrogens with zero attached hydrogens (tertiary/aromatic N) is 2. The first kappa shape index (κ1) is 21.0. The highest BCUT2D eigenvalue weighted by atomic mass is 16.5. The van der Waals surface area contributed by atoms with E-state index in [2.05, 4.69) is 28.4 Å². The van der Waals surface area contributed by atoms with Gasteiger partial charge in [0.05, 0.1) is 24.8 Å². The molecule has 0 aliphatic carbocycles. The summed E-state index contributed by atoms with van der Waals surface area (Å²) < 4.78 is 5.86. The highest BCUT2D eigenvalue weighted by Gasteiger charge is 2.20. The van der Waals surface area contributed by atoms with Gasteiger partial charge in [0, 0.05) is 13.2 Å². The van der Waals surface area contributed by atoms with Crippen LogP contribution in [0.3, 0.4) is 0 Å². The number of hydrogen-bond donors (Lipinski definition) is 1. The summed E-state index contributed by atoms with van der Waals surface area (Å²) in [5.41, 5.74) is 3.01. The first-order valence-electron chi connectivity index (χ1n) is 10.3. The van der Waals surface area contributed by atoms with Crippen LogP contribution in [0.1, 0.15) is 29.5 Å². The quantitative estimate of drug-likeness (QED) is 0.713. The van der Waals surface area contributed by atoms with Gasteiger partial charge < -0.3 is 10.1 Å². The van der Waals surface area contributed by atoms with Crippen molar-refractivity contribution in [3.63, 3.8) is 0 Å². The number of rotatable bonds is 9. The summed E-state index contributed by atoms with van der Waals surface area (Å²) in [7, 11) is 0. The van der Waals surface area contributed by atoms with Crippen LogP contribution in [0.2, 0.25) is 0 Å². The zero-order chi connectivity index (χ0) is 20.3. The molecule has 0 spiro atoms. The Kier molecular flexibility index (Phi) is 8.24. The van der Waals surface area contributed by atoms with E-state index in [1.165, 1.54) is 5.56 Å². The molecule has 2 aromatic carbocycles. The van der Waals surface area contributed by atoms with Crippen molar-refractivity contribution in [1.29, 1.82) is 5.26 Å². The molecule has 0 bridgehead atoms. The Morgan fingerprint density at radius 2 is 1.79 bits per heavy atom. The van der Waals surface area contributed by atoms with E-state index in [-0.39, 0.29) is 5.91 Å². The van der Waals surface area contributed by atoms with Gasteiger partial charge in [-0.05, 0) is 61.5 Å². The van der Waals surface area contributed by atoms with Crippen molar-refractivity contribution in [2.45, 2.75) is 25.9 Å². The van der Waals surface area contributed by atoms with Gasteiger partial charge in [-0.2, -0.15) is 5.26 Å². The van der Waals surface area contributed by atoms with E-state index >= 15 is 0 Å². The normalized spacial score (nSPS) is 15.0. The van der Waals surface area contributed by atoms with Gasteiger partial charge in [0.2, 0.25) is 5.91 Å². The Hall–Kier alpha value is -2.68. The van der Waals surface area contributed by atoms with Crippen LogP contribution >= 0.6 is 0 Å². The van der Waals surface area contributed by atoms with Crippen molar-refractivity contribution in [2.24, 2.45) is 5.92 Å². The van der Waals surface area contributed by atoms with Gasteiger partial charge in [0.1, 0.15) is 0 Å². The molecule has 1 aliphatic heterocycles. The standard InChI is InChI=1S/C24H29N3O2/c25-16-21-6-8-22(9-7-21)18-29-19-23-11-14-27(15-12-23)17-24(28)26-13-10-20-4-2-1-3-5-20/h1-9,23H,10-15,17-19H2,(H,26,28). The predicted octanol–water partition coefficient (Wildman–Crippen LogP) is 3.15. The van der Waals surface area contributed by atoms with Crippen molar-refractivity contribution in [3.05, 3.63) is 71.3 Å². The molecule has 2 aromatic rings. The number of nitriles is 1. The average molecular weight is 392 g/mol. The van der Waals surface area contributed by atoms with Crippen LogP contribution in [0.5, 0.6) is 0 Å². The third kappa shape index (κ3) is 7.34. The van der Waals surface area contributed by atoms with Crippen LogP contribution in [-0.2, 0) is 22.6 Å². The van der Waals surface area contributed by atoms with Crippen molar-refractivity contribution >= 4 is 5.91 Å². The topological polar surface area (TPSA) is 65.4 Å². The molecule has 5 nitrogen and oxygen atoms in total. The maximum Gasteiger partial charge on any atom is 0.234 e. The number of ether oxygens (including phenoxy) is 1. The maximum atomic E-state index is 12.2. The second-order valence-corrected chi connectivity index (χ2v) is 7.63. The molecular formula is C24H29N3O2. The van der Waals surface area contributed by atoms with Crippen molar-refractivity contribution in [1.82, 2.24) is 10.2 Å². The summed E-state index contributed by atoms with van der Waals surface area (Å²) in [6.07, 6.45) is 2.99. The summed E-state index contributed by atoms with van der Waals surface area (Å²) in [6.45, 7) is 4.37. The van der Waals surface area contributed by atoms with Crippen LogP contribution in [-0.4, -0.2) is 43.6 Å². The van der Waals surface area contributed by atoms with Gasteiger partial charge in [-0.3, -0.25) is 9.69 Å². The molecule has 1 amide bonds. The third-order valence-electron chi connectivity index (χ3n) is 5.36. The summed E-state index contributed by atoms with van der Waals surface area (Å²) in [5, 5.41) is 11.9. The molecule has 0 atom stereocenters. The lowest BCUT2D eigenvalue weighted by Gasteiger charge is -2.31. The minimum atomic E-state index is 0.108. The van der Waals surface area contributed by atoms with Gasteiger partial charge in [-0.15, -0.1) is 0 Å². The number of benzene rings is 2. The Morgan fingerprint density at radius 3 is 2.48 bits per heavy atom. The molecule has 1 fully saturated rings. The van der Waals surface area contributed by atoms with Gasteiger partial charge in [-0.25, -0.2) is 0 Å². The minimum Gasteiger partial charge on any atom is -0.376 e. The maximum absolute atomic E-state index is 12.2.